The van der Waals surface area contributed by atoms with E-state index in [1.807, 2.05) is 12.2 Å². The summed E-state index contributed by atoms with van der Waals surface area (Å²) < 4.78 is 0. The summed E-state index contributed by atoms with van der Waals surface area (Å²) in [5.41, 5.74) is 0. The molecular formula is C11H26Cl2SiTi-5. The summed E-state index contributed by atoms with van der Waals surface area (Å²) in [6.45, 7) is 4.42. The number of hydrogen-bond donors (Lipinski definition) is 0. The fourth-order valence-electron chi connectivity index (χ4n) is 0.340. The van der Waals surface area contributed by atoms with Crippen LogP contribution in [0.5, 0.6) is 0 Å². The Hall–Kier alpha value is 0.991. The quantitative estimate of drug-likeness (QED) is 0.457. The standard InChI is InChI=1S/C5H5.C2H7Si.4CH3.2ClH.Ti/c1-2-4-5-3-1;1-3-2;;;;;;;/h1-3H,4H2;3H,1-2H3;4*1H3;2*1H;/q-1;;4*-1;;;. The van der Waals surface area contributed by atoms with Crippen LogP contribution in [0.15, 0.2) is 18.2 Å². The van der Waals surface area contributed by atoms with E-state index in [9.17, 15) is 0 Å². The van der Waals surface area contributed by atoms with E-state index < -0.39 is 0 Å². The zero-order chi connectivity index (χ0) is 6.24. The normalized spacial score (nSPS) is 7.07. The minimum absolute atomic E-state index is 0. The van der Waals surface area contributed by atoms with Crippen molar-refractivity contribution in [3.8, 4) is 0 Å². The molecule has 1 aliphatic rings. The van der Waals surface area contributed by atoms with Crippen LogP contribution in [0.25, 0.3) is 0 Å². The summed E-state index contributed by atoms with van der Waals surface area (Å²) in [6.07, 6.45) is 10.0. The van der Waals surface area contributed by atoms with E-state index in [0.717, 1.165) is 15.9 Å². The molecular weight excluding hydrogens is 279 g/mol. The Kier molecular flexibility index (Phi) is 225. The van der Waals surface area contributed by atoms with Gasteiger partial charge in [0.05, 0.1) is 0 Å². The third kappa shape index (κ3) is 70.5. The Morgan fingerprint density at radius 1 is 1.00 bits per heavy atom. The smallest absolute Gasteiger partial charge is 0.0213 e. The molecule has 0 fully saturated rings. The van der Waals surface area contributed by atoms with Crippen molar-refractivity contribution in [2.24, 2.45) is 0 Å². The van der Waals surface area contributed by atoms with Crippen molar-refractivity contribution in [1.29, 1.82) is 0 Å². The van der Waals surface area contributed by atoms with Crippen molar-refractivity contribution >= 4 is 34.3 Å². The van der Waals surface area contributed by atoms with Gasteiger partial charge < -0.3 is 29.7 Å². The number of allylic oxidation sites excluding steroid dienone is 4. The molecule has 0 N–H and O–H groups in total. The summed E-state index contributed by atoms with van der Waals surface area (Å²) in [4.78, 5) is 0. The summed E-state index contributed by atoms with van der Waals surface area (Å²) in [6, 6.07) is 0. The molecule has 0 nitrogen and oxygen atoms in total. The minimum atomic E-state index is 0. The monoisotopic (exact) mass is 304 g/mol. The summed E-state index contributed by atoms with van der Waals surface area (Å²) in [7, 11) is 0.750. The molecule has 0 aromatic heterocycles. The maximum Gasteiger partial charge on any atom is 0.0213 e. The van der Waals surface area contributed by atoms with Gasteiger partial charge in [-0.2, -0.15) is 6.08 Å². The van der Waals surface area contributed by atoms with Crippen LogP contribution in [0.2, 0.25) is 13.1 Å². The van der Waals surface area contributed by atoms with Crippen LogP contribution in [-0.2, 0) is 21.7 Å². The first-order valence-electron chi connectivity index (χ1n) is 2.87. The Balaban J connectivity index is -0.00000000778. The van der Waals surface area contributed by atoms with E-state index in [1.54, 1.807) is 0 Å². The molecule has 1 rings (SSSR count). The van der Waals surface area contributed by atoms with Crippen molar-refractivity contribution in [1.82, 2.24) is 0 Å². The van der Waals surface area contributed by atoms with Crippen LogP contribution in [0.3, 0.4) is 0 Å². The average Bonchev–Trinajstić information content (AvgIpc) is 2.17. The first-order valence-corrected chi connectivity index (χ1v) is 5.18. The van der Waals surface area contributed by atoms with Gasteiger partial charge >= 0.3 is 0 Å². The van der Waals surface area contributed by atoms with Crippen molar-refractivity contribution in [2.45, 2.75) is 19.5 Å². The summed E-state index contributed by atoms with van der Waals surface area (Å²) in [5.74, 6) is 0. The number of halogens is 2. The Labute approximate surface area is 129 Å². The fraction of sp³-hybridized carbons (Fsp3) is 0.273. The molecule has 1 aliphatic carbocycles. The van der Waals surface area contributed by atoms with Crippen LogP contribution < -0.4 is 0 Å². The van der Waals surface area contributed by atoms with Gasteiger partial charge in [-0.3, -0.25) is 6.08 Å². The summed E-state index contributed by atoms with van der Waals surface area (Å²) >= 11 is 0. The molecule has 0 aliphatic heterocycles. The number of hydrogen-bond acceptors (Lipinski definition) is 0. The van der Waals surface area contributed by atoms with Crippen LogP contribution in [0, 0.1) is 35.8 Å². The van der Waals surface area contributed by atoms with Gasteiger partial charge in [-0.25, -0.2) is 12.2 Å². The number of rotatable bonds is 0. The van der Waals surface area contributed by atoms with E-state index in [2.05, 4.69) is 25.2 Å². The molecule has 15 heavy (non-hydrogen) atoms. The zero-order valence-corrected chi connectivity index (χ0v) is 15.2. The van der Waals surface area contributed by atoms with E-state index in [0.29, 0.717) is 0 Å². The fourth-order valence-corrected chi connectivity index (χ4v) is 0.340. The second-order valence-electron chi connectivity index (χ2n) is 1.58. The van der Waals surface area contributed by atoms with Gasteiger partial charge in [-0.15, -0.1) is 31.2 Å². The summed E-state index contributed by atoms with van der Waals surface area (Å²) in [5, 5.41) is 0. The molecule has 0 saturated carbocycles. The second kappa shape index (κ2) is 60.0. The molecule has 0 amide bonds. The molecule has 0 aromatic rings. The molecule has 0 heterocycles. The van der Waals surface area contributed by atoms with Gasteiger partial charge in [-0.1, -0.05) is 13.1 Å². The van der Waals surface area contributed by atoms with Crippen molar-refractivity contribution in [2.75, 3.05) is 0 Å². The second-order valence-corrected chi connectivity index (χ2v) is 2.74. The average molecular weight is 305 g/mol. The SMILES string of the molecule is C[SiH]C.Cl.Cl.[C-]1=CC=CC1.[CH3-].[CH3-].[CH3-].[CH3-].[Ti]. The van der Waals surface area contributed by atoms with E-state index >= 15 is 0 Å². The van der Waals surface area contributed by atoms with Crippen LogP contribution in [-0.4, -0.2) is 9.52 Å². The van der Waals surface area contributed by atoms with Gasteiger partial charge in [0.2, 0.25) is 0 Å². The first-order chi connectivity index (χ1) is 3.91. The molecule has 0 atom stereocenters. The van der Waals surface area contributed by atoms with Gasteiger partial charge in [0.25, 0.3) is 0 Å². The van der Waals surface area contributed by atoms with Gasteiger partial charge in [0.1, 0.15) is 0 Å². The van der Waals surface area contributed by atoms with Crippen LogP contribution in [0.4, 0.5) is 0 Å². The van der Waals surface area contributed by atoms with Gasteiger partial charge in [0, 0.05) is 31.2 Å². The molecule has 0 saturated heterocycles. The van der Waals surface area contributed by atoms with Crippen LogP contribution >= 0.6 is 24.8 Å². The minimum Gasteiger partial charge on any atom is -0.358 e. The largest absolute Gasteiger partial charge is 0.358 e. The Morgan fingerprint density at radius 3 is 1.40 bits per heavy atom. The molecule has 97 valence electrons. The molecule has 0 spiro atoms. The van der Waals surface area contributed by atoms with Gasteiger partial charge in [-0.05, 0) is 0 Å². The van der Waals surface area contributed by atoms with Crippen molar-refractivity contribution in [3.63, 3.8) is 0 Å². The molecule has 4 heteroatoms. The Morgan fingerprint density at radius 2 is 1.33 bits per heavy atom. The van der Waals surface area contributed by atoms with Crippen LogP contribution in [0.1, 0.15) is 6.42 Å². The molecule has 1 radical (unpaired) electrons. The van der Waals surface area contributed by atoms with Gasteiger partial charge in [0.15, 0.2) is 0 Å². The first kappa shape index (κ1) is 56.3. The zero-order valence-electron chi connectivity index (χ0n) is 10.8. The predicted octanol–water partition coefficient (Wildman–Crippen LogP) is 4.47. The van der Waals surface area contributed by atoms with E-state index in [-0.39, 0.29) is 76.2 Å². The van der Waals surface area contributed by atoms with Crippen molar-refractivity contribution < 1.29 is 21.7 Å². The maximum absolute atomic E-state index is 2.99. The predicted molar refractivity (Wildman–Crippen MR) is 80.6 cm³/mol. The van der Waals surface area contributed by atoms with E-state index in [4.69, 9.17) is 0 Å². The third-order valence-corrected chi connectivity index (χ3v) is 0.586. The molecule has 0 aromatic carbocycles. The maximum atomic E-state index is 2.99. The van der Waals surface area contributed by atoms with E-state index in [1.165, 1.54) is 0 Å². The van der Waals surface area contributed by atoms with Crippen molar-refractivity contribution in [3.05, 3.63) is 54.0 Å². The Bertz CT molecular complexity index is 86.6. The third-order valence-electron chi connectivity index (χ3n) is 0.586. The molecule has 0 bridgehead atoms. The molecule has 0 unspecified atom stereocenters. The topological polar surface area (TPSA) is 0 Å².